The molecule has 176 valence electrons. The summed E-state index contributed by atoms with van der Waals surface area (Å²) in [5.41, 5.74) is 0.735. The third-order valence-electron chi connectivity index (χ3n) is 6.28. The minimum absolute atomic E-state index is 0.120. The first-order valence-corrected chi connectivity index (χ1v) is 11.0. The number of fused-ring (bicyclic) bond motifs is 1. The Balaban J connectivity index is 1.64. The number of aromatic nitrogens is 3. The largest absolute Gasteiger partial charge is 0.474 e. The Hall–Kier alpha value is -2.20. The zero-order valence-corrected chi connectivity index (χ0v) is 18.2. The van der Waals surface area contributed by atoms with Crippen molar-refractivity contribution in [3.63, 3.8) is 0 Å². The van der Waals surface area contributed by atoms with Crippen LogP contribution in [0, 0.1) is 0 Å². The maximum atomic E-state index is 12.7. The zero-order valence-electron chi connectivity index (χ0n) is 18.2. The number of aliphatic hydroxyl groups excluding tert-OH is 1. The average molecular weight is 454 g/mol. The molecule has 32 heavy (non-hydrogen) atoms. The van der Waals surface area contributed by atoms with Crippen molar-refractivity contribution >= 4 is 16.9 Å². The van der Waals surface area contributed by atoms with Gasteiger partial charge < -0.3 is 20.3 Å². The second-order valence-corrected chi connectivity index (χ2v) is 9.49. The standard InChI is InChI=1S/C22H29F3N4O3/c1-12(7-22(23,24)25)28-20-27-11-17-18(29-20)16(13-3-5-14(30)6-4-13)10-26-19(17)32-15-8-21(2,31)9-15/h10-15,30-31H,3-9H2,1-2H3,(H,27,28,29)/t12-,13-,14-,15-,21+/m0/s1. The second-order valence-electron chi connectivity index (χ2n) is 9.49. The lowest BCUT2D eigenvalue weighted by atomic mass is 9.79. The first-order valence-electron chi connectivity index (χ1n) is 11.0. The molecule has 2 aromatic heterocycles. The van der Waals surface area contributed by atoms with E-state index >= 15 is 0 Å². The van der Waals surface area contributed by atoms with Gasteiger partial charge in [0.05, 0.1) is 29.0 Å². The summed E-state index contributed by atoms with van der Waals surface area (Å²) >= 11 is 0. The molecule has 2 heterocycles. The van der Waals surface area contributed by atoms with Gasteiger partial charge in [-0.25, -0.2) is 15.0 Å². The molecule has 2 aromatic rings. The van der Waals surface area contributed by atoms with Gasteiger partial charge in [0.25, 0.3) is 0 Å². The van der Waals surface area contributed by atoms with Crippen LogP contribution in [0.15, 0.2) is 12.4 Å². The molecule has 0 aliphatic heterocycles. The maximum Gasteiger partial charge on any atom is 0.391 e. The highest BCUT2D eigenvalue weighted by Crippen LogP contribution is 2.40. The molecule has 3 N–H and O–H groups in total. The molecule has 2 aliphatic rings. The van der Waals surface area contributed by atoms with E-state index in [9.17, 15) is 23.4 Å². The van der Waals surface area contributed by atoms with Crippen LogP contribution in [0.1, 0.15) is 70.3 Å². The van der Waals surface area contributed by atoms with Gasteiger partial charge in [-0.3, -0.25) is 0 Å². The van der Waals surface area contributed by atoms with Gasteiger partial charge in [-0.05, 0) is 45.4 Å². The lowest BCUT2D eigenvalue weighted by molar-refractivity contribution is -0.136. The van der Waals surface area contributed by atoms with E-state index in [1.165, 1.54) is 13.1 Å². The van der Waals surface area contributed by atoms with Crippen molar-refractivity contribution in [1.29, 1.82) is 0 Å². The third-order valence-corrected chi connectivity index (χ3v) is 6.28. The van der Waals surface area contributed by atoms with E-state index < -0.39 is 24.2 Å². The molecule has 0 aromatic carbocycles. The van der Waals surface area contributed by atoms with Gasteiger partial charge in [-0.15, -0.1) is 0 Å². The van der Waals surface area contributed by atoms with E-state index in [-0.39, 0.29) is 24.1 Å². The van der Waals surface area contributed by atoms with Gasteiger partial charge in [0.2, 0.25) is 11.8 Å². The number of ether oxygens (including phenoxy) is 1. The van der Waals surface area contributed by atoms with E-state index in [1.807, 2.05) is 0 Å². The van der Waals surface area contributed by atoms with Gasteiger partial charge >= 0.3 is 6.18 Å². The predicted molar refractivity (Wildman–Crippen MR) is 113 cm³/mol. The number of halogens is 3. The molecule has 0 bridgehead atoms. The van der Waals surface area contributed by atoms with Crippen molar-refractivity contribution in [3.05, 3.63) is 18.0 Å². The molecule has 1 atom stereocenters. The van der Waals surface area contributed by atoms with E-state index in [0.29, 0.717) is 42.5 Å². The highest BCUT2D eigenvalue weighted by Gasteiger charge is 2.40. The number of hydrogen-bond donors (Lipinski definition) is 3. The molecular weight excluding hydrogens is 425 g/mol. The SMILES string of the molecule is C[C@@H](CC(F)(F)F)Nc1ncc2c(O[C@H]3C[C@@](C)(O)C3)ncc([C@H]3CC[C@H](O)CC3)c2n1. The van der Waals surface area contributed by atoms with Crippen molar-refractivity contribution < 1.29 is 28.1 Å². The molecule has 2 fully saturated rings. The summed E-state index contributed by atoms with van der Waals surface area (Å²) in [5.74, 6) is 0.618. The van der Waals surface area contributed by atoms with E-state index in [4.69, 9.17) is 4.74 Å². The molecule has 0 radical (unpaired) electrons. The number of nitrogens with one attached hydrogen (secondary N) is 1. The summed E-state index contributed by atoms with van der Waals surface area (Å²) in [4.78, 5) is 13.3. The predicted octanol–water partition coefficient (Wildman–Crippen LogP) is 4.09. The highest BCUT2D eigenvalue weighted by atomic mass is 19.4. The smallest absolute Gasteiger partial charge is 0.391 e. The summed E-state index contributed by atoms with van der Waals surface area (Å²) < 4.78 is 44.2. The molecule has 2 aliphatic carbocycles. The summed E-state index contributed by atoms with van der Waals surface area (Å²) in [6.07, 6.45) is 1.40. The van der Waals surface area contributed by atoms with Crippen LogP contribution in [0.2, 0.25) is 0 Å². The Labute approximate surface area is 184 Å². The summed E-state index contributed by atoms with van der Waals surface area (Å²) in [6.45, 7) is 3.19. The Morgan fingerprint density at radius 1 is 1.19 bits per heavy atom. The highest BCUT2D eigenvalue weighted by molar-refractivity contribution is 5.86. The number of aliphatic hydroxyl groups is 2. The molecule has 0 unspecified atom stereocenters. The number of hydrogen-bond acceptors (Lipinski definition) is 7. The fourth-order valence-electron chi connectivity index (χ4n) is 4.65. The molecule has 0 amide bonds. The lowest BCUT2D eigenvalue weighted by Gasteiger charge is -2.40. The normalized spacial score (nSPS) is 29.4. The Morgan fingerprint density at radius 3 is 2.50 bits per heavy atom. The van der Waals surface area contributed by atoms with Gasteiger partial charge in [-0.2, -0.15) is 13.2 Å². The van der Waals surface area contributed by atoms with Gasteiger partial charge in [0, 0.05) is 36.8 Å². The summed E-state index contributed by atoms with van der Waals surface area (Å²) in [6, 6.07) is -0.879. The van der Waals surface area contributed by atoms with Crippen LogP contribution in [-0.2, 0) is 0 Å². The molecule has 7 nitrogen and oxygen atoms in total. The minimum Gasteiger partial charge on any atom is -0.474 e. The molecule has 10 heteroatoms. The van der Waals surface area contributed by atoms with Crippen molar-refractivity contribution in [2.75, 3.05) is 5.32 Å². The molecule has 2 saturated carbocycles. The van der Waals surface area contributed by atoms with Crippen LogP contribution >= 0.6 is 0 Å². The topological polar surface area (TPSA) is 100 Å². The zero-order chi connectivity index (χ0) is 23.1. The number of alkyl halides is 3. The van der Waals surface area contributed by atoms with E-state index in [0.717, 1.165) is 18.4 Å². The fourth-order valence-corrected chi connectivity index (χ4v) is 4.65. The quantitative estimate of drug-likeness (QED) is 0.605. The first kappa shape index (κ1) is 23.0. The lowest BCUT2D eigenvalue weighted by Crippen LogP contribution is -2.47. The van der Waals surface area contributed by atoms with Crippen LogP contribution in [-0.4, -0.2) is 55.2 Å². The number of anilines is 1. The van der Waals surface area contributed by atoms with Crippen molar-refractivity contribution in [2.24, 2.45) is 0 Å². The number of rotatable bonds is 6. The van der Waals surface area contributed by atoms with Crippen LogP contribution in [0.25, 0.3) is 10.9 Å². The molecule has 0 spiro atoms. The fraction of sp³-hybridized carbons (Fsp3) is 0.682. The first-order chi connectivity index (χ1) is 15.0. The van der Waals surface area contributed by atoms with E-state index in [1.54, 1.807) is 13.1 Å². The summed E-state index contributed by atoms with van der Waals surface area (Å²) in [5, 5.41) is 23.2. The molecular formula is C22H29F3N4O3. The van der Waals surface area contributed by atoms with Crippen LogP contribution < -0.4 is 10.1 Å². The van der Waals surface area contributed by atoms with Gasteiger partial charge in [0.1, 0.15) is 6.10 Å². The van der Waals surface area contributed by atoms with Crippen molar-refractivity contribution in [2.45, 2.75) is 94.7 Å². The average Bonchev–Trinajstić information content (AvgIpc) is 2.66. The van der Waals surface area contributed by atoms with Gasteiger partial charge in [-0.1, -0.05) is 0 Å². The van der Waals surface area contributed by atoms with Crippen molar-refractivity contribution in [3.8, 4) is 5.88 Å². The second kappa shape index (κ2) is 8.62. The van der Waals surface area contributed by atoms with Crippen LogP contribution in [0.5, 0.6) is 5.88 Å². The Kier molecular flexibility index (Phi) is 6.19. The van der Waals surface area contributed by atoms with Crippen LogP contribution in [0.3, 0.4) is 0 Å². The molecule has 4 rings (SSSR count). The van der Waals surface area contributed by atoms with Gasteiger partial charge in [0.15, 0.2) is 0 Å². The van der Waals surface area contributed by atoms with Crippen LogP contribution in [0.4, 0.5) is 19.1 Å². The van der Waals surface area contributed by atoms with E-state index in [2.05, 4.69) is 20.3 Å². The third kappa shape index (κ3) is 5.40. The Morgan fingerprint density at radius 2 is 1.88 bits per heavy atom. The summed E-state index contributed by atoms with van der Waals surface area (Å²) in [7, 11) is 0. The molecule has 0 saturated heterocycles. The number of nitrogens with zero attached hydrogens (tertiary/aromatic N) is 3. The Bertz CT molecular complexity index is 953. The maximum absolute atomic E-state index is 12.7. The monoisotopic (exact) mass is 454 g/mol. The minimum atomic E-state index is -4.29. The number of pyridine rings is 1. The van der Waals surface area contributed by atoms with Crippen molar-refractivity contribution in [1.82, 2.24) is 15.0 Å².